The van der Waals surface area contributed by atoms with Gasteiger partial charge in [-0.25, -0.2) is 0 Å². The average Bonchev–Trinajstić information content (AvgIpc) is 3.31. The quantitative estimate of drug-likeness (QED) is 0.872. The zero-order valence-corrected chi connectivity index (χ0v) is 14.5. The number of hydrogen-bond donors (Lipinski definition) is 1. The van der Waals surface area contributed by atoms with E-state index in [0.717, 1.165) is 17.7 Å². The van der Waals surface area contributed by atoms with Crippen LogP contribution < -0.4 is 0 Å². The summed E-state index contributed by atoms with van der Waals surface area (Å²) in [6.07, 6.45) is 4.76. The lowest BCUT2D eigenvalue weighted by Crippen LogP contribution is -2.29. The number of aryl methyl sites for hydroxylation is 2. The number of carbonyl (C=O) groups is 1. The van der Waals surface area contributed by atoms with Crippen LogP contribution in [0.1, 0.15) is 41.5 Å². The number of carbonyl (C=O) groups excluding carboxylic acids is 1. The Kier molecular flexibility index (Phi) is 4.99. The first kappa shape index (κ1) is 16.7. The summed E-state index contributed by atoms with van der Waals surface area (Å²) >= 11 is 0. The van der Waals surface area contributed by atoms with E-state index in [1.54, 1.807) is 4.68 Å². The summed E-state index contributed by atoms with van der Waals surface area (Å²) in [6, 6.07) is 1.84. The zero-order valence-electron chi connectivity index (χ0n) is 14.5. The Morgan fingerprint density at radius 1 is 1.42 bits per heavy atom. The monoisotopic (exact) mass is 331 g/mol. The van der Waals surface area contributed by atoms with Crippen LogP contribution in [0.2, 0.25) is 0 Å². The van der Waals surface area contributed by atoms with Gasteiger partial charge in [0.25, 0.3) is 5.91 Å². The first-order chi connectivity index (χ1) is 11.6. The van der Waals surface area contributed by atoms with Gasteiger partial charge >= 0.3 is 0 Å². The second-order valence-electron chi connectivity index (χ2n) is 6.32. The van der Waals surface area contributed by atoms with E-state index in [9.17, 15) is 4.79 Å². The molecule has 2 aromatic rings. The number of H-pyrrole nitrogens is 1. The van der Waals surface area contributed by atoms with Crippen LogP contribution in [0.4, 0.5) is 0 Å². The fraction of sp³-hybridized carbons (Fsp3) is 0.588. The van der Waals surface area contributed by atoms with Gasteiger partial charge in [0.05, 0.1) is 12.8 Å². The topological polar surface area (TPSA) is 76.0 Å². The Hall–Kier alpha value is -2.15. The SMILES string of the molecule is CCOC[C@@H]1CN(C(=O)c2cc(CC)[nH]n2)C[C@H]1c1cnn(C)c1. The van der Waals surface area contributed by atoms with E-state index in [0.29, 0.717) is 32.0 Å². The van der Waals surface area contributed by atoms with Gasteiger partial charge in [0.1, 0.15) is 5.69 Å². The molecular weight excluding hydrogens is 306 g/mol. The van der Waals surface area contributed by atoms with E-state index in [4.69, 9.17) is 4.74 Å². The zero-order chi connectivity index (χ0) is 17.1. The van der Waals surface area contributed by atoms with Crippen LogP contribution in [-0.2, 0) is 18.2 Å². The van der Waals surface area contributed by atoms with E-state index in [2.05, 4.69) is 15.3 Å². The van der Waals surface area contributed by atoms with Gasteiger partial charge in [0.2, 0.25) is 0 Å². The molecule has 0 aliphatic carbocycles. The molecule has 0 unspecified atom stereocenters. The fourth-order valence-electron chi connectivity index (χ4n) is 3.30. The number of aromatic nitrogens is 4. The van der Waals surface area contributed by atoms with Crippen LogP contribution in [-0.4, -0.2) is 57.1 Å². The van der Waals surface area contributed by atoms with Crippen LogP contribution in [0.15, 0.2) is 18.5 Å². The molecule has 2 atom stereocenters. The second kappa shape index (κ2) is 7.17. The largest absolute Gasteiger partial charge is 0.381 e. The highest BCUT2D eigenvalue weighted by atomic mass is 16.5. The molecule has 0 aromatic carbocycles. The highest BCUT2D eigenvalue weighted by Gasteiger charge is 2.37. The number of rotatable bonds is 6. The molecule has 1 amide bonds. The van der Waals surface area contributed by atoms with Crippen molar-refractivity contribution in [1.29, 1.82) is 0 Å². The molecule has 1 aliphatic rings. The van der Waals surface area contributed by atoms with Gasteiger partial charge in [0, 0.05) is 50.5 Å². The van der Waals surface area contributed by atoms with Crippen molar-refractivity contribution >= 4 is 5.91 Å². The predicted molar refractivity (Wildman–Crippen MR) is 89.8 cm³/mol. The molecule has 3 rings (SSSR count). The molecule has 7 heteroatoms. The molecule has 130 valence electrons. The van der Waals surface area contributed by atoms with Gasteiger partial charge in [-0.15, -0.1) is 0 Å². The van der Waals surface area contributed by atoms with Crippen molar-refractivity contribution in [2.24, 2.45) is 13.0 Å². The van der Waals surface area contributed by atoms with Gasteiger partial charge in [-0.2, -0.15) is 10.2 Å². The van der Waals surface area contributed by atoms with E-state index >= 15 is 0 Å². The summed E-state index contributed by atoms with van der Waals surface area (Å²) in [5, 5.41) is 11.3. The van der Waals surface area contributed by atoms with Crippen molar-refractivity contribution in [2.45, 2.75) is 26.2 Å². The van der Waals surface area contributed by atoms with E-state index in [1.807, 2.05) is 44.3 Å². The lowest BCUT2D eigenvalue weighted by molar-refractivity contribution is 0.0757. The highest BCUT2D eigenvalue weighted by Crippen LogP contribution is 2.33. The molecule has 0 bridgehead atoms. The molecule has 1 saturated heterocycles. The third-order valence-electron chi connectivity index (χ3n) is 4.65. The number of hydrogen-bond acceptors (Lipinski definition) is 4. The summed E-state index contributed by atoms with van der Waals surface area (Å²) in [6.45, 7) is 6.73. The van der Waals surface area contributed by atoms with Crippen molar-refractivity contribution < 1.29 is 9.53 Å². The van der Waals surface area contributed by atoms with Gasteiger partial charge in [-0.1, -0.05) is 6.92 Å². The summed E-state index contributed by atoms with van der Waals surface area (Å²) in [5.74, 6) is 0.514. The summed E-state index contributed by atoms with van der Waals surface area (Å²) in [5.41, 5.74) is 2.63. The van der Waals surface area contributed by atoms with Gasteiger partial charge in [-0.3, -0.25) is 14.6 Å². The molecule has 0 radical (unpaired) electrons. The predicted octanol–water partition coefficient (Wildman–Crippen LogP) is 1.60. The number of ether oxygens (including phenoxy) is 1. The highest BCUT2D eigenvalue weighted by molar-refractivity contribution is 5.92. The number of nitrogens with zero attached hydrogens (tertiary/aromatic N) is 4. The first-order valence-corrected chi connectivity index (χ1v) is 8.52. The Balaban J connectivity index is 1.76. The second-order valence-corrected chi connectivity index (χ2v) is 6.32. The molecule has 24 heavy (non-hydrogen) atoms. The first-order valence-electron chi connectivity index (χ1n) is 8.52. The molecule has 2 aromatic heterocycles. The maximum Gasteiger partial charge on any atom is 0.274 e. The lowest BCUT2D eigenvalue weighted by atomic mass is 9.92. The standard InChI is InChI=1S/C17H25N5O2/c1-4-14-6-16(20-19-14)17(23)22-9-13(11-24-5-2)15(10-22)12-7-18-21(3)8-12/h6-8,13,15H,4-5,9-11H2,1-3H3,(H,19,20)/t13-,15-/m0/s1. The van der Waals surface area contributed by atoms with E-state index in [1.165, 1.54) is 0 Å². The molecule has 0 spiro atoms. The van der Waals surface area contributed by atoms with Gasteiger partial charge < -0.3 is 9.64 Å². The van der Waals surface area contributed by atoms with E-state index in [-0.39, 0.29) is 17.7 Å². The number of likely N-dealkylation sites (tertiary alicyclic amines) is 1. The molecule has 1 aliphatic heterocycles. The maximum atomic E-state index is 12.8. The Bertz CT molecular complexity index is 693. The van der Waals surface area contributed by atoms with Crippen molar-refractivity contribution in [3.05, 3.63) is 35.4 Å². The fourth-order valence-corrected chi connectivity index (χ4v) is 3.30. The minimum atomic E-state index is -0.0150. The van der Waals surface area contributed by atoms with Crippen LogP contribution in [0.5, 0.6) is 0 Å². The van der Waals surface area contributed by atoms with Crippen LogP contribution >= 0.6 is 0 Å². The summed E-state index contributed by atoms with van der Waals surface area (Å²) in [7, 11) is 1.91. The van der Waals surface area contributed by atoms with Crippen LogP contribution in [0.3, 0.4) is 0 Å². The minimum absolute atomic E-state index is 0.0150. The van der Waals surface area contributed by atoms with Crippen molar-refractivity contribution in [1.82, 2.24) is 24.9 Å². The lowest BCUT2D eigenvalue weighted by Gasteiger charge is -2.16. The van der Waals surface area contributed by atoms with Crippen molar-refractivity contribution in [3.63, 3.8) is 0 Å². The molecular formula is C17H25N5O2. The Morgan fingerprint density at radius 3 is 2.88 bits per heavy atom. The van der Waals surface area contributed by atoms with Crippen molar-refractivity contribution in [2.75, 3.05) is 26.3 Å². The maximum absolute atomic E-state index is 12.8. The number of nitrogens with one attached hydrogen (secondary N) is 1. The van der Waals surface area contributed by atoms with Crippen LogP contribution in [0, 0.1) is 5.92 Å². The smallest absolute Gasteiger partial charge is 0.274 e. The number of amides is 1. The Morgan fingerprint density at radius 2 is 2.25 bits per heavy atom. The Labute approximate surface area is 142 Å². The molecule has 1 N–H and O–H groups in total. The normalized spacial score (nSPS) is 20.7. The van der Waals surface area contributed by atoms with Gasteiger partial charge in [-0.05, 0) is 25.0 Å². The minimum Gasteiger partial charge on any atom is -0.381 e. The molecule has 0 saturated carbocycles. The van der Waals surface area contributed by atoms with E-state index < -0.39 is 0 Å². The third kappa shape index (κ3) is 3.36. The van der Waals surface area contributed by atoms with Gasteiger partial charge in [0.15, 0.2) is 0 Å². The number of aromatic amines is 1. The molecule has 7 nitrogen and oxygen atoms in total. The van der Waals surface area contributed by atoms with Crippen molar-refractivity contribution in [3.8, 4) is 0 Å². The average molecular weight is 331 g/mol. The summed E-state index contributed by atoms with van der Waals surface area (Å²) in [4.78, 5) is 14.6. The summed E-state index contributed by atoms with van der Waals surface area (Å²) < 4.78 is 7.45. The molecule has 3 heterocycles. The molecule has 1 fully saturated rings. The third-order valence-corrected chi connectivity index (χ3v) is 4.65. The van der Waals surface area contributed by atoms with Crippen LogP contribution in [0.25, 0.3) is 0 Å².